The molecular formula is C12H30NO2P. The van der Waals surface area contributed by atoms with Crippen LogP contribution in [0.25, 0.3) is 0 Å². The molecule has 3 nitrogen and oxygen atoms in total. The molecule has 0 spiro atoms. The molecule has 0 aromatic rings. The molecular weight excluding hydrogens is 221 g/mol. The van der Waals surface area contributed by atoms with E-state index in [2.05, 4.69) is 6.92 Å². The summed E-state index contributed by atoms with van der Waals surface area (Å²) in [7, 11) is -1.50. The average molecular weight is 251 g/mol. The molecule has 0 rings (SSSR count). The SMILES string of the molecule is CCCCCCCCCCCCN.O=[PH2]O. The smallest absolute Gasteiger partial charge is 0.177 e. The van der Waals surface area contributed by atoms with Crippen LogP contribution in [0.15, 0.2) is 0 Å². The van der Waals surface area contributed by atoms with Gasteiger partial charge in [-0.2, -0.15) is 0 Å². The number of unbranched alkanes of at least 4 members (excludes halogenated alkanes) is 9. The van der Waals surface area contributed by atoms with Gasteiger partial charge >= 0.3 is 0 Å². The zero-order valence-electron chi connectivity index (χ0n) is 10.8. The van der Waals surface area contributed by atoms with Crippen LogP contribution in [0.4, 0.5) is 0 Å². The highest BCUT2D eigenvalue weighted by molar-refractivity contribution is 7.16. The van der Waals surface area contributed by atoms with Crippen molar-refractivity contribution in [2.45, 2.75) is 71.1 Å². The van der Waals surface area contributed by atoms with Crippen LogP contribution in [0.5, 0.6) is 0 Å². The maximum Gasteiger partial charge on any atom is 0.177 e. The lowest BCUT2D eigenvalue weighted by molar-refractivity contribution is 0.524. The molecule has 0 aliphatic carbocycles. The van der Waals surface area contributed by atoms with E-state index in [0.29, 0.717) is 0 Å². The minimum absolute atomic E-state index is 0.872. The van der Waals surface area contributed by atoms with Crippen LogP contribution < -0.4 is 5.73 Å². The molecule has 1 atom stereocenters. The Kier molecular flexibility index (Phi) is 23.8. The monoisotopic (exact) mass is 251 g/mol. The molecule has 4 heteroatoms. The highest BCUT2D eigenvalue weighted by Crippen LogP contribution is 2.09. The van der Waals surface area contributed by atoms with E-state index in [-0.39, 0.29) is 0 Å². The van der Waals surface area contributed by atoms with Crippen molar-refractivity contribution < 1.29 is 9.46 Å². The summed E-state index contributed by atoms with van der Waals surface area (Å²) >= 11 is 0. The van der Waals surface area contributed by atoms with E-state index >= 15 is 0 Å². The van der Waals surface area contributed by atoms with Gasteiger partial charge in [0.2, 0.25) is 0 Å². The van der Waals surface area contributed by atoms with Crippen LogP contribution in [-0.4, -0.2) is 11.4 Å². The van der Waals surface area contributed by atoms with Crippen molar-refractivity contribution in [1.82, 2.24) is 0 Å². The molecule has 0 aliphatic heterocycles. The molecule has 0 radical (unpaired) electrons. The Balaban J connectivity index is 0. The molecule has 0 saturated carbocycles. The fourth-order valence-corrected chi connectivity index (χ4v) is 1.63. The standard InChI is InChI=1S/C12H27N.H3O2P/c1-2-3-4-5-6-7-8-9-10-11-12-13;1-3-2/h2-13H2,1H3;3H2,(H,1,2). The van der Waals surface area contributed by atoms with Gasteiger partial charge in [0.25, 0.3) is 0 Å². The summed E-state index contributed by atoms with van der Waals surface area (Å²) < 4.78 is 8.57. The normalized spacial score (nSPS) is 10.4. The lowest BCUT2D eigenvalue weighted by atomic mass is 10.1. The molecule has 16 heavy (non-hydrogen) atoms. The lowest BCUT2D eigenvalue weighted by Gasteiger charge is -2.00. The molecule has 0 saturated heterocycles. The lowest BCUT2D eigenvalue weighted by Crippen LogP contribution is -1.97. The summed E-state index contributed by atoms with van der Waals surface area (Å²) in [5.74, 6) is 0. The van der Waals surface area contributed by atoms with Crippen molar-refractivity contribution in [2.24, 2.45) is 5.73 Å². The zero-order valence-corrected chi connectivity index (χ0v) is 11.9. The van der Waals surface area contributed by atoms with Crippen molar-refractivity contribution >= 4 is 8.69 Å². The zero-order chi connectivity index (χ0) is 12.5. The molecule has 0 fully saturated rings. The molecule has 100 valence electrons. The Morgan fingerprint density at radius 2 is 1.19 bits per heavy atom. The van der Waals surface area contributed by atoms with Gasteiger partial charge in [0, 0.05) is 0 Å². The molecule has 0 amide bonds. The number of hydrogen-bond acceptors (Lipinski definition) is 2. The van der Waals surface area contributed by atoms with E-state index < -0.39 is 8.69 Å². The second-order valence-electron chi connectivity index (χ2n) is 4.08. The molecule has 1 unspecified atom stereocenters. The summed E-state index contributed by atoms with van der Waals surface area (Å²) in [6.45, 7) is 3.14. The maximum atomic E-state index is 8.57. The topological polar surface area (TPSA) is 63.3 Å². The number of nitrogens with two attached hydrogens (primary N) is 1. The first-order valence-corrected chi connectivity index (χ1v) is 7.60. The second kappa shape index (κ2) is 20.5. The summed E-state index contributed by atoms with van der Waals surface area (Å²) in [5, 5.41) is 0. The minimum Gasteiger partial charge on any atom is -0.348 e. The van der Waals surface area contributed by atoms with E-state index in [1.807, 2.05) is 0 Å². The Bertz CT molecular complexity index is 114. The van der Waals surface area contributed by atoms with Crippen molar-refractivity contribution in [1.29, 1.82) is 0 Å². The molecule has 3 N–H and O–H groups in total. The summed E-state index contributed by atoms with van der Waals surface area (Å²) in [6.07, 6.45) is 13.9. The maximum absolute atomic E-state index is 8.57. The van der Waals surface area contributed by atoms with Gasteiger partial charge in [-0.25, -0.2) is 0 Å². The number of rotatable bonds is 10. The molecule has 0 bridgehead atoms. The van der Waals surface area contributed by atoms with Crippen LogP contribution in [0.2, 0.25) is 0 Å². The van der Waals surface area contributed by atoms with Gasteiger partial charge in [-0.1, -0.05) is 64.7 Å². The highest BCUT2D eigenvalue weighted by atomic mass is 31.1. The van der Waals surface area contributed by atoms with Crippen molar-refractivity contribution in [3.05, 3.63) is 0 Å². The van der Waals surface area contributed by atoms with Gasteiger partial charge in [0.05, 0.1) is 0 Å². The van der Waals surface area contributed by atoms with Crippen LogP contribution in [0.1, 0.15) is 71.1 Å². The number of hydrogen-bond donors (Lipinski definition) is 2. The van der Waals surface area contributed by atoms with Crippen LogP contribution in [0, 0.1) is 0 Å². The Morgan fingerprint density at radius 3 is 1.50 bits per heavy atom. The van der Waals surface area contributed by atoms with E-state index in [0.717, 1.165) is 6.54 Å². The minimum atomic E-state index is -1.50. The first kappa shape index (κ1) is 18.5. The average Bonchev–Trinajstić information content (AvgIpc) is 2.28. The van der Waals surface area contributed by atoms with E-state index in [1.54, 1.807) is 0 Å². The molecule has 0 aromatic carbocycles. The van der Waals surface area contributed by atoms with E-state index in [4.69, 9.17) is 15.2 Å². The first-order valence-electron chi connectivity index (χ1n) is 6.61. The Hall–Kier alpha value is 0.150. The van der Waals surface area contributed by atoms with Crippen molar-refractivity contribution in [3.63, 3.8) is 0 Å². The molecule has 0 heterocycles. The molecule has 0 aliphatic rings. The predicted octanol–water partition coefficient (Wildman–Crippen LogP) is 3.52. The summed E-state index contributed by atoms with van der Waals surface area (Å²) in [6, 6.07) is 0. The van der Waals surface area contributed by atoms with Crippen LogP contribution in [0.3, 0.4) is 0 Å². The van der Waals surface area contributed by atoms with Crippen molar-refractivity contribution in [3.8, 4) is 0 Å². The van der Waals surface area contributed by atoms with Crippen LogP contribution in [-0.2, 0) is 4.57 Å². The Labute approximate surface area is 102 Å². The van der Waals surface area contributed by atoms with Gasteiger partial charge in [0.15, 0.2) is 8.69 Å². The van der Waals surface area contributed by atoms with E-state index in [9.17, 15) is 0 Å². The van der Waals surface area contributed by atoms with Gasteiger partial charge in [-0.05, 0) is 13.0 Å². The third-order valence-electron chi connectivity index (χ3n) is 2.56. The van der Waals surface area contributed by atoms with E-state index in [1.165, 1.54) is 64.2 Å². The van der Waals surface area contributed by atoms with Crippen molar-refractivity contribution in [2.75, 3.05) is 6.54 Å². The first-order chi connectivity index (χ1) is 7.83. The fourth-order valence-electron chi connectivity index (χ4n) is 1.63. The fraction of sp³-hybridized carbons (Fsp3) is 1.00. The quantitative estimate of drug-likeness (QED) is 0.461. The molecule has 0 aromatic heterocycles. The Morgan fingerprint density at radius 1 is 0.875 bits per heavy atom. The largest absolute Gasteiger partial charge is 0.348 e. The van der Waals surface area contributed by atoms with Gasteiger partial charge in [0.1, 0.15) is 0 Å². The summed E-state index contributed by atoms with van der Waals surface area (Å²) in [5.41, 5.74) is 5.42. The highest BCUT2D eigenvalue weighted by Gasteiger charge is 1.91. The van der Waals surface area contributed by atoms with Gasteiger partial charge < -0.3 is 10.6 Å². The van der Waals surface area contributed by atoms with Gasteiger partial charge in [-0.15, -0.1) is 0 Å². The third kappa shape index (κ3) is 23.8. The predicted molar refractivity (Wildman–Crippen MR) is 73.5 cm³/mol. The second-order valence-corrected chi connectivity index (χ2v) is 4.29. The van der Waals surface area contributed by atoms with Crippen LogP contribution >= 0.6 is 8.69 Å². The third-order valence-corrected chi connectivity index (χ3v) is 2.56. The van der Waals surface area contributed by atoms with Gasteiger partial charge in [-0.3, -0.25) is 4.57 Å². The summed E-state index contributed by atoms with van der Waals surface area (Å²) in [4.78, 5) is 7.10.